The average Bonchev–Trinajstić information content (AvgIpc) is 3.09. The molecule has 0 N–H and O–H groups in total. The molecule has 27 heavy (non-hydrogen) atoms. The van der Waals surface area contributed by atoms with Gasteiger partial charge in [0.05, 0.1) is 0 Å². The van der Waals surface area contributed by atoms with E-state index in [1.165, 1.54) is 17.0 Å². The number of hydrogen-bond donors (Lipinski definition) is 0. The number of anilines is 1. The van der Waals surface area contributed by atoms with Gasteiger partial charge in [0, 0.05) is 48.9 Å². The highest BCUT2D eigenvalue weighted by Crippen LogP contribution is 2.25. The van der Waals surface area contributed by atoms with Gasteiger partial charge in [-0.25, -0.2) is 4.39 Å². The van der Waals surface area contributed by atoms with Crippen LogP contribution in [0.2, 0.25) is 5.02 Å². The number of hydrogen-bond acceptors (Lipinski definition) is 3. The number of nitrogens with zero attached hydrogens (tertiary/aromatic N) is 2. The number of likely N-dealkylation sites (N-methyl/N-ethyl adjacent to an activating group) is 1. The molecule has 0 spiro atoms. The molecule has 0 aliphatic carbocycles. The Bertz CT molecular complexity index is 839. The van der Waals surface area contributed by atoms with E-state index in [1.807, 2.05) is 6.07 Å². The van der Waals surface area contributed by atoms with E-state index < -0.39 is 5.82 Å². The van der Waals surface area contributed by atoms with E-state index in [0.717, 1.165) is 12.1 Å². The molecule has 0 bridgehead atoms. The van der Waals surface area contributed by atoms with Crippen LogP contribution in [-0.2, 0) is 16.1 Å². The fourth-order valence-corrected chi connectivity index (χ4v) is 3.15. The molecule has 0 atom stereocenters. The molecule has 0 unspecified atom stereocenters. The summed E-state index contributed by atoms with van der Waals surface area (Å²) in [5.41, 5.74) is 1.03. The minimum absolute atomic E-state index is 0.0516. The van der Waals surface area contributed by atoms with Crippen molar-refractivity contribution in [1.82, 2.24) is 4.90 Å². The lowest BCUT2D eigenvalue weighted by Gasteiger charge is -2.19. The fraction of sp³-hybridized carbons (Fsp3) is 0.300. The summed E-state index contributed by atoms with van der Waals surface area (Å²) in [6.45, 7) is 0.545. The van der Waals surface area contributed by atoms with Gasteiger partial charge in [0.25, 0.3) is 5.91 Å². The number of carbonyl (C=O) groups is 2. The summed E-state index contributed by atoms with van der Waals surface area (Å²) in [5, 5.41) is 0.276. The molecule has 3 rings (SSSR count). The number of benzene rings is 2. The van der Waals surface area contributed by atoms with E-state index in [-0.39, 0.29) is 35.6 Å². The Labute approximate surface area is 162 Å². The second kappa shape index (κ2) is 8.39. The largest absolute Gasteiger partial charge is 0.484 e. The summed E-state index contributed by atoms with van der Waals surface area (Å²) >= 11 is 6.00. The Morgan fingerprint density at radius 2 is 2.07 bits per heavy atom. The molecule has 2 aromatic carbocycles. The van der Waals surface area contributed by atoms with Crippen LogP contribution in [0.15, 0.2) is 42.5 Å². The summed E-state index contributed by atoms with van der Waals surface area (Å²) < 4.78 is 19.4. The normalized spacial score (nSPS) is 13.7. The number of ether oxygens (including phenoxy) is 1. The maximum atomic E-state index is 13.9. The molecular weight excluding hydrogens is 371 g/mol. The van der Waals surface area contributed by atoms with Crippen LogP contribution in [0.25, 0.3) is 0 Å². The molecule has 1 saturated heterocycles. The molecule has 2 aromatic rings. The molecule has 1 aliphatic heterocycles. The molecule has 0 aromatic heterocycles. The van der Waals surface area contributed by atoms with Crippen LogP contribution < -0.4 is 9.64 Å². The number of rotatable bonds is 6. The van der Waals surface area contributed by atoms with Crippen molar-refractivity contribution in [1.29, 1.82) is 0 Å². The molecule has 1 aliphatic rings. The van der Waals surface area contributed by atoms with Crippen molar-refractivity contribution in [2.45, 2.75) is 19.4 Å². The van der Waals surface area contributed by atoms with Crippen LogP contribution in [0.4, 0.5) is 10.1 Å². The van der Waals surface area contributed by atoms with Crippen molar-refractivity contribution in [3.05, 3.63) is 58.9 Å². The lowest BCUT2D eigenvalue weighted by Crippen LogP contribution is -2.31. The fourth-order valence-electron chi connectivity index (χ4n) is 2.93. The summed E-state index contributed by atoms with van der Waals surface area (Å²) in [6, 6.07) is 11.5. The first-order chi connectivity index (χ1) is 13.0. The first kappa shape index (κ1) is 19.2. The van der Waals surface area contributed by atoms with Gasteiger partial charge in [-0.2, -0.15) is 0 Å². The van der Waals surface area contributed by atoms with Crippen molar-refractivity contribution >= 4 is 29.1 Å². The van der Waals surface area contributed by atoms with Crippen LogP contribution in [0, 0.1) is 5.82 Å². The number of amides is 2. The Morgan fingerprint density at radius 3 is 2.78 bits per heavy atom. The smallest absolute Gasteiger partial charge is 0.260 e. The third-order valence-corrected chi connectivity index (χ3v) is 4.80. The van der Waals surface area contributed by atoms with Gasteiger partial charge in [0.1, 0.15) is 11.6 Å². The summed E-state index contributed by atoms with van der Waals surface area (Å²) in [6.07, 6.45) is 1.39. The molecule has 142 valence electrons. The molecule has 2 amide bonds. The maximum Gasteiger partial charge on any atom is 0.260 e. The predicted octanol–water partition coefficient (Wildman–Crippen LogP) is 3.64. The van der Waals surface area contributed by atoms with E-state index >= 15 is 0 Å². The highest BCUT2D eigenvalue weighted by molar-refractivity contribution is 6.31. The Hall–Kier alpha value is -2.60. The second-order valence-electron chi connectivity index (χ2n) is 6.38. The summed E-state index contributed by atoms with van der Waals surface area (Å²) in [4.78, 5) is 27.2. The van der Waals surface area contributed by atoms with Gasteiger partial charge in [-0.05, 0) is 30.7 Å². The third-order valence-electron chi connectivity index (χ3n) is 4.45. The standard InChI is InChI=1S/C20H20ClFN2O3/c1-23(12-16-17(21)7-3-8-18(16)22)20(26)13-27-15-6-2-5-14(11-15)24-10-4-9-19(24)25/h2-3,5-8,11H,4,9-10,12-13H2,1H3. The van der Waals surface area contributed by atoms with Crippen LogP contribution >= 0.6 is 11.6 Å². The quantitative estimate of drug-likeness (QED) is 0.756. The zero-order valence-corrected chi connectivity index (χ0v) is 15.7. The SMILES string of the molecule is CN(Cc1c(F)cccc1Cl)C(=O)COc1cccc(N2CCCC2=O)c1. The van der Waals surface area contributed by atoms with Gasteiger partial charge in [-0.1, -0.05) is 23.7 Å². The maximum absolute atomic E-state index is 13.9. The van der Waals surface area contributed by atoms with E-state index in [0.29, 0.717) is 18.7 Å². The zero-order chi connectivity index (χ0) is 19.4. The topological polar surface area (TPSA) is 49.9 Å². The van der Waals surface area contributed by atoms with Gasteiger partial charge >= 0.3 is 0 Å². The average molecular weight is 391 g/mol. The summed E-state index contributed by atoms with van der Waals surface area (Å²) in [7, 11) is 1.56. The van der Waals surface area contributed by atoms with Crippen LogP contribution in [0.3, 0.4) is 0 Å². The van der Waals surface area contributed by atoms with Crippen molar-refractivity contribution in [2.24, 2.45) is 0 Å². The first-order valence-corrected chi connectivity index (χ1v) is 9.03. The van der Waals surface area contributed by atoms with Crippen LogP contribution in [0.1, 0.15) is 18.4 Å². The van der Waals surface area contributed by atoms with Crippen molar-refractivity contribution in [2.75, 3.05) is 25.1 Å². The Kier molecular flexibility index (Phi) is 5.96. The first-order valence-electron chi connectivity index (χ1n) is 8.66. The lowest BCUT2D eigenvalue weighted by molar-refractivity contribution is -0.132. The third kappa shape index (κ3) is 4.57. The Balaban J connectivity index is 1.59. The molecule has 1 fully saturated rings. The van der Waals surface area contributed by atoms with E-state index in [1.54, 1.807) is 36.2 Å². The predicted molar refractivity (Wildman–Crippen MR) is 101 cm³/mol. The zero-order valence-electron chi connectivity index (χ0n) is 15.0. The van der Waals surface area contributed by atoms with Gasteiger partial charge in [-0.3, -0.25) is 9.59 Å². The molecule has 0 radical (unpaired) electrons. The Morgan fingerprint density at radius 1 is 1.30 bits per heavy atom. The lowest BCUT2D eigenvalue weighted by atomic mass is 10.2. The van der Waals surface area contributed by atoms with Crippen molar-refractivity contribution in [3.8, 4) is 5.75 Å². The second-order valence-corrected chi connectivity index (χ2v) is 6.79. The number of carbonyl (C=O) groups excluding carboxylic acids is 2. The summed E-state index contributed by atoms with van der Waals surface area (Å²) in [5.74, 6) is -0.175. The molecule has 7 heteroatoms. The van der Waals surface area contributed by atoms with E-state index in [4.69, 9.17) is 16.3 Å². The van der Waals surface area contributed by atoms with Gasteiger partial charge in [0.2, 0.25) is 5.91 Å². The molecule has 5 nitrogen and oxygen atoms in total. The van der Waals surface area contributed by atoms with Crippen molar-refractivity contribution < 1.29 is 18.7 Å². The minimum atomic E-state index is -0.453. The van der Waals surface area contributed by atoms with Crippen LogP contribution in [0.5, 0.6) is 5.75 Å². The highest BCUT2D eigenvalue weighted by Gasteiger charge is 2.22. The minimum Gasteiger partial charge on any atom is -0.484 e. The van der Waals surface area contributed by atoms with Gasteiger partial charge in [0.15, 0.2) is 6.61 Å². The highest BCUT2D eigenvalue weighted by atomic mass is 35.5. The van der Waals surface area contributed by atoms with E-state index in [2.05, 4.69) is 0 Å². The van der Waals surface area contributed by atoms with Crippen LogP contribution in [-0.4, -0.2) is 36.9 Å². The van der Waals surface area contributed by atoms with Crippen molar-refractivity contribution in [3.63, 3.8) is 0 Å². The van der Waals surface area contributed by atoms with Gasteiger partial charge in [-0.15, -0.1) is 0 Å². The molecular formula is C20H20ClFN2O3. The monoisotopic (exact) mass is 390 g/mol. The molecule has 0 saturated carbocycles. The van der Waals surface area contributed by atoms with Gasteiger partial charge < -0.3 is 14.5 Å². The molecule has 1 heterocycles. The number of halogens is 2. The van der Waals surface area contributed by atoms with E-state index in [9.17, 15) is 14.0 Å².